The summed E-state index contributed by atoms with van der Waals surface area (Å²) in [6, 6.07) is 17.3. The summed E-state index contributed by atoms with van der Waals surface area (Å²) in [4.78, 5) is 26.5. The minimum atomic E-state index is 0. The van der Waals surface area contributed by atoms with Gasteiger partial charge in [0, 0.05) is 45.2 Å². The molecule has 0 saturated carbocycles. The van der Waals surface area contributed by atoms with Gasteiger partial charge in [0.05, 0.1) is 0 Å². The Kier molecular flexibility index (Phi) is 19.2. The van der Waals surface area contributed by atoms with Crippen molar-refractivity contribution in [3.63, 3.8) is 0 Å². The van der Waals surface area contributed by atoms with Crippen molar-refractivity contribution in [2.24, 2.45) is 5.41 Å². The first kappa shape index (κ1) is 39.5. The number of hydrogen-bond acceptors (Lipinski definition) is 3. The van der Waals surface area contributed by atoms with Crippen LogP contribution in [0.3, 0.4) is 0 Å². The number of aryl methyl sites for hydroxylation is 1. The Morgan fingerprint density at radius 3 is 1.52 bits per heavy atom. The molecule has 40 heavy (non-hydrogen) atoms. The fraction of sp³-hybridized carbons (Fsp3) is 0.611. The van der Waals surface area contributed by atoms with E-state index < -0.39 is 0 Å². The van der Waals surface area contributed by atoms with Crippen LogP contribution in [-0.4, -0.2) is 42.8 Å². The molecule has 1 amide bonds. The van der Waals surface area contributed by atoms with Crippen molar-refractivity contribution >= 4 is 17.4 Å². The van der Waals surface area contributed by atoms with Crippen LogP contribution in [-0.2, 0) is 27.8 Å². The summed E-state index contributed by atoms with van der Waals surface area (Å²) >= 11 is 0. The highest BCUT2D eigenvalue weighted by molar-refractivity contribution is 5.78. The number of rotatable bonds is 5. The number of hydrogen-bond donors (Lipinski definition) is 0. The second kappa shape index (κ2) is 19.5. The second-order valence-corrected chi connectivity index (χ2v) is 12.0. The van der Waals surface area contributed by atoms with Crippen molar-refractivity contribution in [3.05, 3.63) is 65.2 Å². The third-order valence-electron chi connectivity index (χ3n) is 6.46. The average molecular weight is 555 g/mol. The maximum absolute atomic E-state index is 11.3. The Morgan fingerprint density at radius 1 is 0.700 bits per heavy atom. The number of benzene rings is 2. The van der Waals surface area contributed by atoms with Crippen molar-refractivity contribution in [3.8, 4) is 0 Å². The highest BCUT2D eigenvalue weighted by atomic mass is 16.2. The molecule has 228 valence electrons. The third kappa shape index (κ3) is 15.8. The molecule has 0 N–H and O–H groups in total. The third-order valence-corrected chi connectivity index (χ3v) is 6.46. The number of Topliss-reactive ketones (excluding diaryl/α,β-unsaturated/α-hetero) is 1. The van der Waals surface area contributed by atoms with E-state index >= 15 is 0 Å². The van der Waals surface area contributed by atoms with Crippen LogP contribution in [0.1, 0.15) is 114 Å². The maximum Gasteiger partial charge on any atom is 0.219 e. The minimum absolute atomic E-state index is 0. The Hall–Kier alpha value is -2.62. The maximum atomic E-state index is 11.3. The smallest absolute Gasteiger partial charge is 0.219 e. The predicted octanol–water partition coefficient (Wildman–Crippen LogP) is 9.14. The quantitative estimate of drug-likeness (QED) is 0.370. The molecule has 0 unspecified atom stereocenters. The molecule has 0 radical (unpaired) electrons. The first-order valence-corrected chi connectivity index (χ1v) is 14.9. The van der Waals surface area contributed by atoms with Crippen molar-refractivity contribution in [2.45, 2.75) is 115 Å². The summed E-state index contributed by atoms with van der Waals surface area (Å²) < 4.78 is 0. The number of piperazine rings is 1. The van der Waals surface area contributed by atoms with E-state index in [0.29, 0.717) is 11.8 Å². The van der Waals surface area contributed by atoms with Crippen LogP contribution in [0.5, 0.6) is 0 Å². The largest absolute Gasteiger partial charge is 0.368 e. The van der Waals surface area contributed by atoms with E-state index in [0.717, 1.165) is 38.2 Å². The van der Waals surface area contributed by atoms with Gasteiger partial charge in [0.1, 0.15) is 5.78 Å². The number of amides is 1. The molecule has 4 nitrogen and oxygen atoms in total. The highest BCUT2D eigenvalue weighted by Crippen LogP contribution is 2.25. The van der Waals surface area contributed by atoms with Crippen LogP contribution in [0.15, 0.2) is 48.5 Å². The van der Waals surface area contributed by atoms with Crippen molar-refractivity contribution < 1.29 is 9.59 Å². The molecule has 3 rings (SSSR count). The van der Waals surface area contributed by atoms with Crippen molar-refractivity contribution in [2.75, 3.05) is 31.1 Å². The summed E-state index contributed by atoms with van der Waals surface area (Å²) in [5.41, 5.74) is 5.69. The van der Waals surface area contributed by atoms with Crippen LogP contribution >= 0.6 is 0 Å². The molecule has 1 heterocycles. The normalized spacial score (nSPS) is 12.8. The van der Waals surface area contributed by atoms with Gasteiger partial charge < -0.3 is 9.80 Å². The van der Waals surface area contributed by atoms with Gasteiger partial charge in [-0.2, -0.15) is 0 Å². The van der Waals surface area contributed by atoms with Crippen LogP contribution in [0.25, 0.3) is 0 Å². The molecule has 0 bridgehead atoms. The lowest BCUT2D eigenvalue weighted by Crippen LogP contribution is -2.48. The fourth-order valence-electron chi connectivity index (χ4n) is 4.08. The van der Waals surface area contributed by atoms with Gasteiger partial charge in [0.2, 0.25) is 5.91 Å². The Balaban J connectivity index is 0. The van der Waals surface area contributed by atoms with E-state index in [9.17, 15) is 9.59 Å². The number of nitrogens with zero attached hydrogens (tertiary/aromatic N) is 2. The van der Waals surface area contributed by atoms with Gasteiger partial charge in [-0.15, -0.1) is 0 Å². The van der Waals surface area contributed by atoms with E-state index in [1.165, 1.54) is 23.2 Å². The summed E-state index contributed by atoms with van der Waals surface area (Å²) in [5.74, 6) is 0.408. The minimum Gasteiger partial charge on any atom is -0.368 e. The Labute approximate surface area is 248 Å². The molecule has 2 aromatic carbocycles. The molecule has 1 aliphatic rings. The van der Waals surface area contributed by atoms with Gasteiger partial charge in [-0.05, 0) is 59.4 Å². The zero-order chi connectivity index (χ0) is 30.2. The first-order chi connectivity index (χ1) is 18.2. The number of ketones is 1. The topological polar surface area (TPSA) is 40.6 Å². The molecular formula is C36H62N2O2. The van der Waals surface area contributed by atoms with Crippen molar-refractivity contribution in [1.82, 2.24) is 4.90 Å². The van der Waals surface area contributed by atoms with E-state index in [1.807, 2.05) is 32.6 Å². The van der Waals surface area contributed by atoms with Crippen LogP contribution in [0.2, 0.25) is 0 Å². The lowest BCUT2D eigenvalue weighted by atomic mass is 9.87. The van der Waals surface area contributed by atoms with Gasteiger partial charge in [-0.3, -0.25) is 9.59 Å². The summed E-state index contributed by atoms with van der Waals surface area (Å²) in [7, 11) is 0. The molecule has 0 aromatic heterocycles. The number of anilines is 1. The standard InChI is InChI=1S/C16H24N2O.C15H22O.2C2H6.CH4/c1-13(19)17-9-11-18(12-10-17)15-7-5-14(6-8-15)16(2,3)4;1-12(16)11-14-7-5-13(6-8-14)9-10-15(2,3)4;2*1-2;/h5-8H,9-12H2,1-4H3;5-8H,9-11H2,1-4H3;2*1-2H3;1H4. The van der Waals surface area contributed by atoms with Crippen LogP contribution in [0, 0.1) is 5.41 Å². The monoisotopic (exact) mass is 554 g/mol. The zero-order valence-corrected chi connectivity index (χ0v) is 27.3. The molecule has 2 aromatic rings. The molecule has 1 saturated heterocycles. The van der Waals surface area contributed by atoms with Crippen LogP contribution in [0.4, 0.5) is 5.69 Å². The lowest BCUT2D eigenvalue weighted by Gasteiger charge is -2.35. The van der Waals surface area contributed by atoms with E-state index in [2.05, 4.69) is 95.0 Å². The molecule has 0 aliphatic carbocycles. The Morgan fingerprint density at radius 2 is 1.15 bits per heavy atom. The van der Waals surface area contributed by atoms with Crippen molar-refractivity contribution in [1.29, 1.82) is 0 Å². The lowest BCUT2D eigenvalue weighted by molar-refractivity contribution is -0.129. The Bertz CT molecular complexity index is 940. The summed E-state index contributed by atoms with van der Waals surface area (Å²) in [5, 5.41) is 0. The van der Waals surface area contributed by atoms with E-state index in [4.69, 9.17) is 0 Å². The molecule has 0 atom stereocenters. The fourth-order valence-corrected chi connectivity index (χ4v) is 4.08. The van der Waals surface area contributed by atoms with Gasteiger partial charge in [0.25, 0.3) is 0 Å². The number of carbonyl (C=O) groups excluding carboxylic acids is 2. The first-order valence-electron chi connectivity index (χ1n) is 14.9. The van der Waals surface area contributed by atoms with E-state index in [1.54, 1.807) is 13.8 Å². The SMILES string of the molecule is C.CC.CC.CC(=O)Cc1ccc(CCC(C)(C)C)cc1.CC(=O)N1CCN(c2ccc(C(C)(C)C)cc2)CC1. The van der Waals surface area contributed by atoms with Gasteiger partial charge >= 0.3 is 0 Å². The number of carbonyl (C=O) groups is 2. The highest BCUT2D eigenvalue weighted by Gasteiger charge is 2.19. The molecule has 1 fully saturated rings. The molecule has 0 spiro atoms. The predicted molar refractivity (Wildman–Crippen MR) is 178 cm³/mol. The summed E-state index contributed by atoms with van der Waals surface area (Å²) in [6.07, 6.45) is 2.86. The average Bonchev–Trinajstić information content (AvgIpc) is 2.90. The van der Waals surface area contributed by atoms with Crippen LogP contribution < -0.4 is 4.90 Å². The van der Waals surface area contributed by atoms with E-state index in [-0.39, 0.29) is 24.5 Å². The molecular weight excluding hydrogens is 492 g/mol. The van der Waals surface area contributed by atoms with Gasteiger partial charge in [0.15, 0.2) is 0 Å². The molecule has 1 aliphatic heterocycles. The van der Waals surface area contributed by atoms with Gasteiger partial charge in [-0.1, -0.05) is 113 Å². The van der Waals surface area contributed by atoms with Gasteiger partial charge in [-0.25, -0.2) is 0 Å². The zero-order valence-electron chi connectivity index (χ0n) is 27.3. The molecule has 4 heteroatoms. The second-order valence-electron chi connectivity index (χ2n) is 12.0. The summed E-state index contributed by atoms with van der Waals surface area (Å²) in [6.45, 7) is 28.3.